The van der Waals surface area contributed by atoms with Crippen molar-refractivity contribution in [2.45, 2.75) is 32.0 Å². The van der Waals surface area contributed by atoms with Gasteiger partial charge in [0.1, 0.15) is 0 Å². The highest BCUT2D eigenvalue weighted by Crippen LogP contribution is 2.43. The summed E-state index contributed by atoms with van der Waals surface area (Å²) in [7, 11) is 0. The van der Waals surface area contributed by atoms with Crippen molar-refractivity contribution in [1.82, 2.24) is 5.32 Å². The number of hydrogen-bond donors (Lipinski definition) is 1. The average molecular weight is 357 g/mol. The van der Waals surface area contributed by atoms with Crippen LogP contribution in [0.1, 0.15) is 22.3 Å². The lowest BCUT2D eigenvalue weighted by Gasteiger charge is -2.20. The molecule has 0 aliphatic heterocycles. The zero-order valence-corrected chi connectivity index (χ0v) is 13.3. The molecule has 0 atom stereocenters. The molecule has 0 radical (unpaired) electrons. The molecule has 2 aromatic carbocycles. The van der Waals surface area contributed by atoms with E-state index in [1.807, 2.05) is 31.2 Å². The van der Waals surface area contributed by atoms with Gasteiger partial charge in [-0.2, -0.15) is 22.0 Å². The summed E-state index contributed by atoms with van der Waals surface area (Å²) in [6.07, 6.45) is -5.48. The summed E-state index contributed by atoms with van der Waals surface area (Å²) in [5.74, 6) is -5.17. The number of amides is 1. The third kappa shape index (κ3) is 4.78. The fraction of sp³-hybridized carbons (Fsp3) is 0.278. The molecule has 134 valence electrons. The van der Waals surface area contributed by atoms with Crippen LogP contribution in [0.15, 0.2) is 48.5 Å². The van der Waals surface area contributed by atoms with Gasteiger partial charge in [-0.3, -0.25) is 4.79 Å². The Balaban J connectivity index is 1.93. The molecule has 0 fully saturated rings. The number of alkyl halides is 5. The third-order valence-corrected chi connectivity index (χ3v) is 3.65. The summed E-state index contributed by atoms with van der Waals surface area (Å²) >= 11 is 0. The second-order valence-corrected chi connectivity index (χ2v) is 5.71. The predicted octanol–water partition coefficient (Wildman–Crippen LogP) is 4.51. The molecule has 0 bridgehead atoms. The zero-order chi connectivity index (χ0) is 18.7. The first-order valence-corrected chi connectivity index (χ1v) is 7.46. The molecule has 2 aromatic rings. The normalized spacial score (nSPS) is 12.1. The van der Waals surface area contributed by atoms with Gasteiger partial charge in [0, 0.05) is 12.1 Å². The minimum atomic E-state index is -5.64. The Morgan fingerprint density at radius 3 is 1.92 bits per heavy atom. The smallest absolute Gasteiger partial charge is 0.352 e. The Bertz CT molecular complexity index is 721. The molecule has 2 nitrogen and oxygen atoms in total. The van der Waals surface area contributed by atoms with E-state index in [0.717, 1.165) is 35.4 Å². The van der Waals surface area contributed by atoms with Crippen molar-refractivity contribution in [1.29, 1.82) is 0 Å². The highest BCUT2D eigenvalue weighted by Gasteiger charge is 2.58. The van der Waals surface area contributed by atoms with E-state index in [1.165, 1.54) is 0 Å². The van der Waals surface area contributed by atoms with E-state index in [-0.39, 0.29) is 18.9 Å². The average Bonchev–Trinajstić information content (AvgIpc) is 2.54. The van der Waals surface area contributed by atoms with Crippen molar-refractivity contribution >= 4 is 5.91 Å². The molecule has 0 saturated heterocycles. The molecule has 0 aromatic heterocycles. The van der Waals surface area contributed by atoms with E-state index in [9.17, 15) is 26.7 Å². The number of benzene rings is 2. The summed E-state index contributed by atoms with van der Waals surface area (Å²) in [5, 5.41) is 2.60. The molecule has 0 aliphatic carbocycles. The number of hydrogen-bond acceptors (Lipinski definition) is 1. The summed E-state index contributed by atoms with van der Waals surface area (Å²) in [5.41, 5.74) is 1.19. The second kappa shape index (κ2) is 7.21. The van der Waals surface area contributed by atoms with Crippen molar-refractivity contribution in [2.75, 3.05) is 0 Å². The van der Waals surface area contributed by atoms with Gasteiger partial charge in [0.15, 0.2) is 0 Å². The molecule has 1 amide bonds. The first-order valence-electron chi connectivity index (χ1n) is 7.46. The molecule has 0 unspecified atom stereocenters. The van der Waals surface area contributed by atoms with E-state index in [2.05, 4.69) is 5.32 Å². The van der Waals surface area contributed by atoms with E-state index >= 15 is 0 Å². The van der Waals surface area contributed by atoms with Gasteiger partial charge in [0.25, 0.3) is 0 Å². The first kappa shape index (κ1) is 18.9. The Labute approximate surface area is 141 Å². The number of carbonyl (C=O) groups is 1. The quantitative estimate of drug-likeness (QED) is 0.784. The van der Waals surface area contributed by atoms with Crippen LogP contribution in [0, 0.1) is 6.92 Å². The van der Waals surface area contributed by atoms with Gasteiger partial charge < -0.3 is 5.32 Å². The van der Waals surface area contributed by atoms with E-state index < -0.39 is 17.7 Å². The molecular formula is C18H16F5NO. The van der Waals surface area contributed by atoms with Gasteiger partial charge in [-0.25, -0.2) is 0 Å². The predicted molar refractivity (Wildman–Crippen MR) is 83.1 cm³/mol. The maximum Gasteiger partial charge on any atom is 0.458 e. The van der Waals surface area contributed by atoms with Crippen LogP contribution in [-0.2, 0) is 23.7 Å². The number of nitrogens with one attached hydrogen (secondary N) is 1. The highest BCUT2D eigenvalue weighted by atomic mass is 19.4. The maximum atomic E-state index is 13.2. The van der Waals surface area contributed by atoms with Gasteiger partial charge in [-0.05, 0) is 18.1 Å². The van der Waals surface area contributed by atoms with Gasteiger partial charge in [-0.1, -0.05) is 54.1 Å². The summed E-state index contributed by atoms with van der Waals surface area (Å²) in [6.45, 7) is 1.97. The van der Waals surface area contributed by atoms with Gasteiger partial charge >= 0.3 is 12.1 Å². The minimum Gasteiger partial charge on any atom is -0.352 e. The Hall–Kier alpha value is -2.44. The van der Waals surface area contributed by atoms with Crippen LogP contribution in [0.2, 0.25) is 0 Å². The van der Waals surface area contributed by atoms with E-state index in [1.54, 1.807) is 0 Å². The first-order chi connectivity index (χ1) is 11.6. The summed E-state index contributed by atoms with van der Waals surface area (Å²) in [4.78, 5) is 11.8. The molecule has 0 heterocycles. The van der Waals surface area contributed by atoms with Gasteiger partial charge in [-0.15, -0.1) is 0 Å². The topological polar surface area (TPSA) is 29.1 Å². The SMILES string of the molecule is Cc1ccc(CC(=O)NCc2ccc(C(F)(F)C(F)(F)F)cc2)cc1. The molecule has 2 rings (SSSR count). The van der Waals surface area contributed by atoms with Crippen molar-refractivity contribution in [2.24, 2.45) is 0 Å². The molecular weight excluding hydrogens is 341 g/mol. The van der Waals surface area contributed by atoms with Crippen molar-refractivity contribution < 1.29 is 26.7 Å². The minimum absolute atomic E-state index is 0.0442. The highest BCUT2D eigenvalue weighted by molar-refractivity contribution is 5.78. The van der Waals surface area contributed by atoms with Crippen LogP contribution in [-0.4, -0.2) is 12.1 Å². The number of carbonyl (C=O) groups excluding carboxylic acids is 1. The lowest BCUT2D eigenvalue weighted by Crippen LogP contribution is -2.33. The van der Waals surface area contributed by atoms with E-state index in [0.29, 0.717) is 5.56 Å². The van der Waals surface area contributed by atoms with Crippen molar-refractivity contribution in [3.05, 3.63) is 70.8 Å². The van der Waals surface area contributed by atoms with Crippen LogP contribution in [0.4, 0.5) is 22.0 Å². The van der Waals surface area contributed by atoms with Crippen molar-refractivity contribution in [3.63, 3.8) is 0 Å². The van der Waals surface area contributed by atoms with Gasteiger partial charge in [0.05, 0.1) is 6.42 Å². The Morgan fingerprint density at radius 2 is 1.40 bits per heavy atom. The molecule has 0 aliphatic rings. The Kier molecular flexibility index (Phi) is 5.45. The molecule has 0 spiro atoms. The van der Waals surface area contributed by atoms with E-state index in [4.69, 9.17) is 0 Å². The fourth-order valence-electron chi connectivity index (χ4n) is 2.15. The van der Waals surface area contributed by atoms with Crippen molar-refractivity contribution in [3.8, 4) is 0 Å². The van der Waals surface area contributed by atoms with Crippen LogP contribution in [0.5, 0.6) is 0 Å². The Morgan fingerprint density at radius 1 is 0.880 bits per heavy atom. The molecule has 25 heavy (non-hydrogen) atoms. The molecule has 0 saturated carbocycles. The van der Waals surface area contributed by atoms with Crippen LogP contribution in [0.3, 0.4) is 0 Å². The molecule has 7 heteroatoms. The monoisotopic (exact) mass is 357 g/mol. The third-order valence-electron chi connectivity index (χ3n) is 3.65. The summed E-state index contributed by atoms with van der Waals surface area (Å²) < 4.78 is 63.3. The standard InChI is InChI=1S/C18H16F5NO/c1-12-2-4-13(5-3-12)10-16(25)24-11-14-6-8-15(9-7-14)17(19,20)18(21,22)23/h2-9H,10-11H2,1H3,(H,24,25). The maximum absolute atomic E-state index is 13.2. The zero-order valence-electron chi connectivity index (χ0n) is 13.3. The largest absolute Gasteiger partial charge is 0.458 e. The fourth-order valence-corrected chi connectivity index (χ4v) is 2.15. The van der Waals surface area contributed by atoms with Crippen LogP contribution in [0.25, 0.3) is 0 Å². The van der Waals surface area contributed by atoms with Gasteiger partial charge in [0.2, 0.25) is 5.91 Å². The van der Waals surface area contributed by atoms with Crippen LogP contribution < -0.4 is 5.32 Å². The number of aryl methyl sites for hydroxylation is 1. The summed E-state index contributed by atoms with van der Waals surface area (Å²) in [6, 6.07) is 11.1. The van der Waals surface area contributed by atoms with Crippen LogP contribution >= 0.6 is 0 Å². The number of halogens is 5. The second-order valence-electron chi connectivity index (χ2n) is 5.71. The lowest BCUT2D eigenvalue weighted by atomic mass is 10.1. The molecule has 1 N–H and O–H groups in total. The lowest BCUT2D eigenvalue weighted by molar-refractivity contribution is -0.289. The number of rotatable bonds is 5.